The fourth-order valence-corrected chi connectivity index (χ4v) is 3.50. The second kappa shape index (κ2) is 9.73. The summed E-state index contributed by atoms with van der Waals surface area (Å²) in [6, 6.07) is 14.1. The number of carbonyl (C=O) groups is 1. The summed E-state index contributed by atoms with van der Waals surface area (Å²) in [5, 5.41) is 6.53. The summed E-state index contributed by atoms with van der Waals surface area (Å²) in [6.45, 7) is 1.41. The number of nitrogens with one attached hydrogen (secondary N) is 1. The van der Waals surface area contributed by atoms with Gasteiger partial charge in [0.15, 0.2) is 12.4 Å². The van der Waals surface area contributed by atoms with Crippen molar-refractivity contribution in [3.63, 3.8) is 0 Å². The minimum Gasteiger partial charge on any atom is -0.385 e. The molecule has 32 heavy (non-hydrogen) atoms. The molecular formula is C22H23F2N5O3. The molecular weight excluding hydrogens is 420 g/mol. The zero-order chi connectivity index (χ0) is 22.5. The van der Waals surface area contributed by atoms with Gasteiger partial charge in [0.1, 0.15) is 5.71 Å². The second-order valence-corrected chi connectivity index (χ2v) is 7.22. The standard InChI is InChI=1S/C22H23F2N5O3/c1-15(21-26-18-4-2-3-5-19(18)29(21)22(23)24)27-32-14-20(30)25-16-6-8-17(9-7-16)28-10-12-31-13-11-28/h2-9,22H,10-14H2,1H3,(H,25,30). The van der Waals surface area contributed by atoms with E-state index in [0.717, 1.165) is 23.3 Å². The summed E-state index contributed by atoms with van der Waals surface area (Å²) < 4.78 is 33.2. The third kappa shape index (κ3) is 4.86. The SMILES string of the molecule is CC(=NOCC(=O)Nc1ccc(N2CCOCC2)cc1)c1nc2ccccc2n1C(F)F. The van der Waals surface area contributed by atoms with E-state index in [4.69, 9.17) is 9.57 Å². The van der Waals surface area contributed by atoms with Gasteiger partial charge in [-0.05, 0) is 43.3 Å². The molecule has 1 amide bonds. The number of alkyl halides is 2. The molecule has 0 atom stereocenters. The van der Waals surface area contributed by atoms with Crippen molar-refractivity contribution >= 4 is 34.0 Å². The second-order valence-electron chi connectivity index (χ2n) is 7.22. The topological polar surface area (TPSA) is 81.0 Å². The minimum atomic E-state index is -2.79. The van der Waals surface area contributed by atoms with Crippen molar-refractivity contribution < 1.29 is 23.1 Å². The number of hydrogen-bond donors (Lipinski definition) is 1. The number of morpholine rings is 1. The molecule has 0 radical (unpaired) electrons. The van der Waals surface area contributed by atoms with Crippen molar-refractivity contribution in [3.8, 4) is 0 Å². The van der Waals surface area contributed by atoms with Gasteiger partial charge in [-0.2, -0.15) is 8.78 Å². The van der Waals surface area contributed by atoms with Crippen molar-refractivity contribution in [2.24, 2.45) is 5.16 Å². The van der Waals surface area contributed by atoms with Gasteiger partial charge in [-0.3, -0.25) is 9.36 Å². The summed E-state index contributed by atoms with van der Waals surface area (Å²) in [5.74, 6) is -0.427. The van der Waals surface area contributed by atoms with Crippen LogP contribution in [-0.2, 0) is 14.4 Å². The maximum Gasteiger partial charge on any atom is 0.320 e. The summed E-state index contributed by atoms with van der Waals surface area (Å²) in [6.07, 6.45) is 0. The van der Waals surface area contributed by atoms with Gasteiger partial charge in [0, 0.05) is 24.5 Å². The number of benzene rings is 2. The van der Waals surface area contributed by atoms with Crippen LogP contribution in [0.4, 0.5) is 20.2 Å². The van der Waals surface area contributed by atoms with E-state index in [1.165, 1.54) is 6.92 Å². The van der Waals surface area contributed by atoms with Gasteiger partial charge in [0.05, 0.1) is 24.2 Å². The van der Waals surface area contributed by atoms with E-state index in [0.29, 0.717) is 29.9 Å². The van der Waals surface area contributed by atoms with Crippen LogP contribution in [0.5, 0.6) is 0 Å². The number of anilines is 2. The minimum absolute atomic E-state index is 0.0136. The van der Waals surface area contributed by atoms with Gasteiger partial charge in [0.25, 0.3) is 5.91 Å². The lowest BCUT2D eigenvalue weighted by Gasteiger charge is -2.28. The Morgan fingerprint density at radius 2 is 1.91 bits per heavy atom. The Morgan fingerprint density at radius 3 is 2.62 bits per heavy atom. The van der Waals surface area contributed by atoms with Gasteiger partial charge < -0.3 is 19.8 Å². The first kappa shape index (κ1) is 21.7. The Kier molecular flexibility index (Phi) is 6.60. The van der Waals surface area contributed by atoms with E-state index in [9.17, 15) is 13.6 Å². The van der Waals surface area contributed by atoms with Gasteiger partial charge in [-0.15, -0.1) is 0 Å². The number of halogens is 2. The Hall–Kier alpha value is -3.53. The molecule has 10 heteroatoms. The van der Waals surface area contributed by atoms with Gasteiger partial charge in [-0.1, -0.05) is 17.3 Å². The van der Waals surface area contributed by atoms with Crippen molar-refractivity contribution in [2.75, 3.05) is 43.1 Å². The van der Waals surface area contributed by atoms with Crippen molar-refractivity contribution in [1.29, 1.82) is 0 Å². The average molecular weight is 443 g/mol. The summed E-state index contributed by atoms with van der Waals surface area (Å²) >= 11 is 0. The van der Waals surface area contributed by atoms with Crippen molar-refractivity contribution in [2.45, 2.75) is 13.5 Å². The molecule has 0 bridgehead atoms. The zero-order valence-electron chi connectivity index (χ0n) is 17.5. The highest BCUT2D eigenvalue weighted by Gasteiger charge is 2.19. The van der Waals surface area contributed by atoms with Crippen LogP contribution in [0.3, 0.4) is 0 Å². The van der Waals surface area contributed by atoms with Gasteiger partial charge in [-0.25, -0.2) is 4.98 Å². The Labute approximate surface area is 183 Å². The highest BCUT2D eigenvalue weighted by molar-refractivity contribution is 5.98. The average Bonchev–Trinajstić information content (AvgIpc) is 3.20. The van der Waals surface area contributed by atoms with Gasteiger partial charge in [0.2, 0.25) is 0 Å². The number of ether oxygens (including phenoxy) is 1. The molecule has 1 aliphatic heterocycles. The maximum absolute atomic E-state index is 13.5. The number of aromatic nitrogens is 2. The highest BCUT2D eigenvalue weighted by Crippen LogP contribution is 2.23. The molecule has 1 fully saturated rings. The largest absolute Gasteiger partial charge is 0.385 e. The quantitative estimate of drug-likeness (QED) is 0.445. The fourth-order valence-electron chi connectivity index (χ4n) is 3.50. The lowest BCUT2D eigenvalue weighted by Crippen LogP contribution is -2.36. The number of imidazole rings is 1. The maximum atomic E-state index is 13.5. The number of carbonyl (C=O) groups excluding carboxylic acids is 1. The first-order valence-electron chi connectivity index (χ1n) is 10.2. The van der Waals surface area contributed by atoms with Crippen molar-refractivity contribution in [1.82, 2.24) is 9.55 Å². The number of oxime groups is 1. The smallest absolute Gasteiger partial charge is 0.320 e. The molecule has 4 rings (SSSR count). The van der Waals surface area contributed by atoms with E-state index in [1.807, 2.05) is 24.3 Å². The van der Waals surface area contributed by atoms with E-state index >= 15 is 0 Å². The normalized spacial score (nSPS) is 14.8. The highest BCUT2D eigenvalue weighted by atomic mass is 19.3. The molecule has 1 saturated heterocycles. The van der Waals surface area contributed by atoms with Crippen LogP contribution >= 0.6 is 0 Å². The predicted octanol–water partition coefficient (Wildman–Crippen LogP) is 3.65. The Morgan fingerprint density at radius 1 is 1.19 bits per heavy atom. The predicted molar refractivity (Wildman–Crippen MR) is 117 cm³/mol. The molecule has 0 unspecified atom stereocenters. The fraction of sp³-hybridized carbons (Fsp3) is 0.318. The van der Waals surface area contributed by atoms with Crippen LogP contribution in [-0.4, -0.2) is 54.1 Å². The molecule has 1 aliphatic rings. The third-order valence-corrected chi connectivity index (χ3v) is 5.04. The van der Waals surface area contributed by atoms with Crippen LogP contribution in [0.25, 0.3) is 11.0 Å². The van der Waals surface area contributed by atoms with Gasteiger partial charge >= 0.3 is 6.55 Å². The van der Waals surface area contributed by atoms with Crippen LogP contribution in [0.2, 0.25) is 0 Å². The molecule has 2 heterocycles. The molecule has 8 nitrogen and oxygen atoms in total. The van der Waals surface area contributed by atoms with E-state index in [2.05, 4.69) is 20.4 Å². The zero-order valence-corrected chi connectivity index (χ0v) is 17.5. The number of nitrogens with zero attached hydrogens (tertiary/aromatic N) is 4. The lowest BCUT2D eigenvalue weighted by molar-refractivity contribution is -0.120. The van der Waals surface area contributed by atoms with Crippen LogP contribution in [0.15, 0.2) is 53.7 Å². The summed E-state index contributed by atoms with van der Waals surface area (Å²) in [7, 11) is 0. The van der Waals surface area contributed by atoms with Crippen LogP contribution in [0, 0.1) is 0 Å². The molecule has 0 spiro atoms. The van der Waals surface area contributed by atoms with Crippen LogP contribution in [0.1, 0.15) is 19.3 Å². The first-order chi connectivity index (χ1) is 15.5. The Balaban J connectivity index is 1.35. The number of rotatable bonds is 7. The number of fused-ring (bicyclic) bond motifs is 1. The molecule has 0 saturated carbocycles. The van der Waals surface area contributed by atoms with E-state index < -0.39 is 12.5 Å². The van der Waals surface area contributed by atoms with Crippen LogP contribution < -0.4 is 10.2 Å². The number of para-hydroxylation sites is 2. The molecule has 0 aliphatic carbocycles. The molecule has 1 N–H and O–H groups in total. The number of amides is 1. The monoisotopic (exact) mass is 443 g/mol. The molecule has 2 aromatic carbocycles. The molecule has 1 aromatic heterocycles. The Bertz CT molecular complexity index is 1110. The number of hydrogen-bond acceptors (Lipinski definition) is 6. The van der Waals surface area contributed by atoms with E-state index in [1.54, 1.807) is 24.3 Å². The van der Waals surface area contributed by atoms with Crippen molar-refractivity contribution in [3.05, 3.63) is 54.4 Å². The first-order valence-corrected chi connectivity index (χ1v) is 10.2. The molecule has 168 valence electrons. The molecule has 3 aromatic rings. The third-order valence-electron chi connectivity index (χ3n) is 5.04. The lowest BCUT2D eigenvalue weighted by atomic mass is 10.2. The van der Waals surface area contributed by atoms with E-state index in [-0.39, 0.29) is 18.1 Å². The summed E-state index contributed by atoms with van der Waals surface area (Å²) in [5.41, 5.74) is 2.55. The summed E-state index contributed by atoms with van der Waals surface area (Å²) in [4.78, 5) is 23.7.